The van der Waals surface area contributed by atoms with Crippen LogP contribution in [-0.4, -0.2) is 23.5 Å². The summed E-state index contributed by atoms with van der Waals surface area (Å²) in [7, 11) is 0. The quantitative estimate of drug-likeness (QED) is 0.266. The van der Waals surface area contributed by atoms with E-state index in [2.05, 4.69) is 10.5 Å². The van der Waals surface area contributed by atoms with Crippen LogP contribution >= 0.6 is 0 Å². The Morgan fingerprint density at radius 1 is 1.43 bits per heavy atom. The fourth-order valence-corrected chi connectivity index (χ4v) is 1.72. The summed E-state index contributed by atoms with van der Waals surface area (Å²) in [5.41, 5.74) is 5.24. The zero-order valence-electron chi connectivity index (χ0n) is 8.20. The molecular weight excluding hydrogens is 182 g/mol. The molecule has 1 rings (SSSR count). The zero-order valence-corrected chi connectivity index (χ0v) is 8.20. The first-order valence-corrected chi connectivity index (χ1v) is 4.98. The van der Waals surface area contributed by atoms with Crippen LogP contribution in [0.1, 0.15) is 32.1 Å². The van der Waals surface area contributed by atoms with E-state index in [4.69, 9.17) is 10.9 Å². The van der Waals surface area contributed by atoms with Gasteiger partial charge in [-0.25, -0.2) is 0 Å². The van der Waals surface area contributed by atoms with Crippen molar-refractivity contribution >= 4 is 11.7 Å². The highest BCUT2D eigenvalue weighted by molar-refractivity contribution is 5.87. The number of oxime groups is 1. The van der Waals surface area contributed by atoms with Crippen molar-refractivity contribution in [3.05, 3.63) is 0 Å². The molecule has 0 spiro atoms. The second-order valence-electron chi connectivity index (χ2n) is 3.64. The molecule has 5 heteroatoms. The zero-order chi connectivity index (χ0) is 10.4. The number of nitrogens with two attached hydrogens (primary N) is 1. The van der Waals surface area contributed by atoms with Crippen LogP contribution in [0.2, 0.25) is 0 Å². The van der Waals surface area contributed by atoms with Gasteiger partial charge in [-0.2, -0.15) is 0 Å². The minimum atomic E-state index is 0.0244. The Bertz CT molecular complexity index is 222. The molecule has 0 unspecified atom stereocenters. The van der Waals surface area contributed by atoms with Crippen molar-refractivity contribution in [2.45, 2.75) is 32.1 Å². The van der Waals surface area contributed by atoms with Crippen molar-refractivity contribution in [3.8, 4) is 0 Å². The lowest BCUT2D eigenvalue weighted by Gasteiger charge is -2.20. The molecule has 1 fully saturated rings. The van der Waals surface area contributed by atoms with Crippen LogP contribution in [-0.2, 0) is 4.79 Å². The number of carbonyl (C=O) groups is 1. The van der Waals surface area contributed by atoms with Gasteiger partial charge in [0.2, 0.25) is 5.91 Å². The fraction of sp³-hybridized carbons (Fsp3) is 0.778. The van der Waals surface area contributed by atoms with Gasteiger partial charge in [0.1, 0.15) is 0 Å². The predicted octanol–water partition coefficient (Wildman–Crippen LogP) is 0.429. The van der Waals surface area contributed by atoms with Crippen LogP contribution in [0.3, 0.4) is 0 Å². The third-order valence-electron chi connectivity index (χ3n) is 2.55. The van der Waals surface area contributed by atoms with Gasteiger partial charge < -0.3 is 16.3 Å². The lowest BCUT2D eigenvalue weighted by molar-refractivity contribution is -0.125. The smallest absolute Gasteiger partial charge is 0.223 e. The number of amides is 1. The topological polar surface area (TPSA) is 87.7 Å². The summed E-state index contributed by atoms with van der Waals surface area (Å²) in [4.78, 5) is 11.5. The highest BCUT2D eigenvalue weighted by Crippen LogP contribution is 2.23. The van der Waals surface area contributed by atoms with Gasteiger partial charge in [0.15, 0.2) is 5.84 Å². The number of carbonyl (C=O) groups excluding carboxylic acids is 1. The van der Waals surface area contributed by atoms with Crippen LogP contribution in [0.5, 0.6) is 0 Å². The molecule has 0 aromatic heterocycles. The van der Waals surface area contributed by atoms with Crippen molar-refractivity contribution in [2.75, 3.05) is 6.54 Å². The van der Waals surface area contributed by atoms with Crippen LogP contribution in [0.4, 0.5) is 0 Å². The van der Waals surface area contributed by atoms with E-state index in [-0.39, 0.29) is 24.2 Å². The van der Waals surface area contributed by atoms with Crippen molar-refractivity contribution in [1.29, 1.82) is 0 Å². The average Bonchev–Trinajstić information content (AvgIpc) is 2.26. The van der Waals surface area contributed by atoms with Gasteiger partial charge in [-0.15, -0.1) is 0 Å². The molecule has 0 aliphatic heterocycles. The van der Waals surface area contributed by atoms with Crippen LogP contribution in [0, 0.1) is 5.92 Å². The van der Waals surface area contributed by atoms with Gasteiger partial charge in [-0.05, 0) is 12.8 Å². The van der Waals surface area contributed by atoms with E-state index in [9.17, 15) is 4.79 Å². The van der Waals surface area contributed by atoms with E-state index in [1.807, 2.05) is 0 Å². The summed E-state index contributed by atoms with van der Waals surface area (Å²) < 4.78 is 0. The summed E-state index contributed by atoms with van der Waals surface area (Å²) in [6, 6.07) is 0. The molecule has 0 heterocycles. The molecule has 80 valence electrons. The summed E-state index contributed by atoms with van der Waals surface area (Å²) >= 11 is 0. The van der Waals surface area contributed by atoms with Crippen LogP contribution < -0.4 is 11.1 Å². The molecule has 1 aliphatic rings. The van der Waals surface area contributed by atoms with Gasteiger partial charge in [-0.1, -0.05) is 24.4 Å². The van der Waals surface area contributed by atoms with E-state index >= 15 is 0 Å². The monoisotopic (exact) mass is 199 g/mol. The molecule has 0 radical (unpaired) electrons. The van der Waals surface area contributed by atoms with Crippen molar-refractivity contribution < 1.29 is 10.0 Å². The maximum Gasteiger partial charge on any atom is 0.223 e. The third-order valence-corrected chi connectivity index (χ3v) is 2.55. The Labute approximate surface area is 83.3 Å². The Morgan fingerprint density at radius 2 is 2.07 bits per heavy atom. The van der Waals surface area contributed by atoms with E-state index < -0.39 is 0 Å². The Hall–Kier alpha value is -1.26. The molecule has 1 amide bonds. The first-order chi connectivity index (χ1) is 6.74. The van der Waals surface area contributed by atoms with Gasteiger partial charge in [0.05, 0.1) is 6.54 Å². The molecule has 0 aromatic carbocycles. The molecular formula is C9H17N3O2. The second-order valence-corrected chi connectivity index (χ2v) is 3.64. The number of hydrogen-bond donors (Lipinski definition) is 3. The van der Waals surface area contributed by atoms with Gasteiger partial charge in [0.25, 0.3) is 0 Å². The summed E-state index contributed by atoms with van der Waals surface area (Å²) in [6.07, 6.45) is 5.40. The SMILES string of the molecule is N/C(CNC(=O)C1CCCCC1)=N\O. The first-order valence-electron chi connectivity index (χ1n) is 4.98. The lowest BCUT2D eigenvalue weighted by Crippen LogP contribution is -2.37. The van der Waals surface area contributed by atoms with E-state index in [1.54, 1.807) is 0 Å². The van der Waals surface area contributed by atoms with Gasteiger partial charge in [-0.3, -0.25) is 4.79 Å². The minimum Gasteiger partial charge on any atom is -0.409 e. The molecule has 0 bridgehead atoms. The van der Waals surface area contributed by atoms with Crippen LogP contribution in [0.15, 0.2) is 5.16 Å². The van der Waals surface area contributed by atoms with Crippen molar-refractivity contribution in [2.24, 2.45) is 16.8 Å². The number of nitrogens with one attached hydrogen (secondary N) is 1. The highest BCUT2D eigenvalue weighted by atomic mass is 16.4. The summed E-state index contributed by atoms with van der Waals surface area (Å²) in [5, 5.41) is 13.7. The molecule has 5 nitrogen and oxygen atoms in total. The predicted molar refractivity (Wildman–Crippen MR) is 53.0 cm³/mol. The second kappa shape index (κ2) is 5.47. The Balaban J connectivity index is 2.26. The van der Waals surface area contributed by atoms with Crippen molar-refractivity contribution in [3.63, 3.8) is 0 Å². The number of hydrogen-bond acceptors (Lipinski definition) is 3. The first kappa shape index (κ1) is 10.8. The van der Waals surface area contributed by atoms with Crippen molar-refractivity contribution in [1.82, 2.24) is 5.32 Å². The van der Waals surface area contributed by atoms with Gasteiger partial charge in [0, 0.05) is 5.92 Å². The summed E-state index contributed by atoms with van der Waals surface area (Å²) in [5.74, 6) is 0.181. The van der Waals surface area contributed by atoms with Crippen LogP contribution in [0.25, 0.3) is 0 Å². The molecule has 0 aromatic rings. The molecule has 1 aliphatic carbocycles. The molecule has 0 saturated heterocycles. The normalized spacial score (nSPS) is 19.3. The molecule has 4 N–H and O–H groups in total. The van der Waals surface area contributed by atoms with E-state index in [0.29, 0.717) is 0 Å². The number of rotatable bonds is 3. The maximum absolute atomic E-state index is 11.5. The lowest BCUT2D eigenvalue weighted by atomic mass is 9.89. The Morgan fingerprint density at radius 3 is 2.64 bits per heavy atom. The minimum absolute atomic E-state index is 0.0244. The Kier molecular flexibility index (Phi) is 4.22. The third kappa shape index (κ3) is 3.24. The molecule has 0 atom stereocenters. The number of nitrogens with zero attached hydrogens (tertiary/aromatic N) is 1. The molecule has 14 heavy (non-hydrogen) atoms. The van der Waals surface area contributed by atoms with E-state index in [1.165, 1.54) is 6.42 Å². The fourth-order valence-electron chi connectivity index (χ4n) is 1.72. The highest BCUT2D eigenvalue weighted by Gasteiger charge is 2.20. The summed E-state index contributed by atoms with van der Waals surface area (Å²) in [6.45, 7) is 0.131. The molecule has 1 saturated carbocycles. The maximum atomic E-state index is 11.5. The van der Waals surface area contributed by atoms with Gasteiger partial charge >= 0.3 is 0 Å². The number of amidine groups is 1. The van der Waals surface area contributed by atoms with E-state index in [0.717, 1.165) is 25.7 Å². The largest absolute Gasteiger partial charge is 0.409 e. The average molecular weight is 199 g/mol. The standard InChI is InChI=1S/C9H17N3O2/c10-8(12-14)6-11-9(13)7-4-2-1-3-5-7/h7,14H,1-6H2,(H2,10,12)(H,11,13).